The molecule has 0 radical (unpaired) electrons. The largest absolute Gasteiger partial charge is 0.352 e. The molecule has 0 aliphatic carbocycles. The number of carbonyl (C=O) groups excluding carboxylic acids is 1. The zero-order valence-corrected chi connectivity index (χ0v) is 19.3. The van der Waals surface area contributed by atoms with Crippen LogP contribution >= 0.6 is 11.6 Å². The molecule has 3 aromatic carbocycles. The van der Waals surface area contributed by atoms with Gasteiger partial charge in [0.05, 0.1) is 4.90 Å². The van der Waals surface area contributed by atoms with Gasteiger partial charge in [0, 0.05) is 22.8 Å². The number of hydrogen-bond acceptors (Lipinski definition) is 3. The lowest BCUT2D eigenvalue weighted by atomic mass is 10.1. The molecule has 5 nitrogen and oxygen atoms in total. The third kappa shape index (κ3) is 6.09. The van der Waals surface area contributed by atoms with E-state index in [0.29, 0.717) is 34.8 Å². The van der Waals surface area contributed by atoms with Crippen LogP contribution in [0.5, 0.6) is 0 Å². The minimum absolute atomic E-state index is 0.0806. The van der Waals surface area contributed by atoms with Crippen molar-refractivity contribution in [2.24, 2.45) is 0 Å². The van der Waals surface area contributed by atoms with Crippen LogP contribution in [0.2, 0.25) is 5.02 Å². The van der Waals surface area contributed by atoms with Gasteiger partial charge < -0.3 is 5.32 Å². The van der Waals surface area contributed by atoms with Crippen molar-refractivity contribution in [1.29, 1.82) is 0 Å². The molecule has 0 aliphatic rings. The summed E-state index contributed by atoms with van der Waals surface area (Å²) in [5.41, 5.74) is 4.33. The molecule has 162 valence electrons. The van der Waals surface area contributed by atoms with E-state index in [4.69, 9.17) is 11.6 Å². The Balaban J connectivity index is 1.73. The normalized spacial score (nSPS) is 11.2. The zero-order valence-electron chi connectivity index (χ0n) is 17.7. The minimum atomic E-state index is -3.84. The third-order valence-electron chi connectivity index (χ3n) is 4.83. The summed E-state index contributed by atoms with van der Waals surface area (Å²) in [5.74, 6) is -0.322. The predicted octanol–water partition coefficient (Wildman–Crippen LogP) is 5.04. The summed E-state index contributed by atoms with van der Waals surface area (Å²) in [6.45, 7) is 5.95. The van der Waals surface area contributed by atoms with Gasteiger partial charge in [-0.1, -0.05) is 35.9 Å². The van der Waals surface area contributed by atoms with Gasteiger partial charge in [0.1, 0.15) is 0 Å². The maximum Gasteiger partial charge on any atom is 0.262 e. The van der Waals surface area contributed by atoms with Crippen LogP contribution in [0.25, 0.3) is 0 Å². The lowest BCUT2D eigenvalue weighted by Gasteiger charge is -2.13. The summed E-state index contributed by atoms with van der Waals surface area (Å²) >= 11 is 5.88. The van der Waals surface area contributed by atoms with Crippen molar-refractivity contribution in [3.05, 3.63) is 93.5 Å². The summed E-state index contributed by atoms with van der Waals surface area (Å²) < 4.78 is 28.6. The standard InChI is InChI=1S/C24H25ClN2O3S/c1-16-12-17(2)14-22(13-16)27-31(29,30)23-15-20(7-4-18(23)3)24(28)26-11-10-19-5-8-21(25)9-6-19/h4-9,12-15,27H,10-11H2,1-3H3,(H,26,28). The Labute approximate surface area is 188 Å². The maximum absolute atomic E-state index is 13.0. The first-order valence-corrected chi connectivity index (χ1v) is 11.7. The van der Waals surface area contributed by atoms with Crippen molar-refractivity contribution in [3.8, 4) is 0 Å². The van der Waals surface area contributed by atoms with Gasteiger partial charge >= 0.3 is 0 Å². The molecule has 31 heavy (non-hydrogen) atoms. The van der Waals surface area contributed by atoms with Gasteiger partial charge in [-0.05, 0) is 85.8 Å². The van der Waals surface area contributed by atoms with E-state index in [1.807, 2.05) is 32.0 Å². The first-order chi connectivity index (χ1) is 14.6. The number of rotatable bonds is 7. The predicted molar refractivity (Wildman–Crippen MR) is 125 cm³/mol. The number of anilines is 1. The first-order valence-electron chi connectivity index (χ1n) is 9.88. The monoisotopic (exact) mass is 456 g/mol. The van der Waals surface area contributed by atoms with Gasteiger partial charge in [-0.3, -0.25) is 9.52 Å². The molecule has 3 aromatic rings. The van der Waals surface area contributed by atoms with Gasteiger partial charge in [-0.2, -0.15) is 0 Å². The second-order valence-corrected chi connectivity index (χ2v) is 9.68. The number of hydrogen-bond donors (Lipinski definition) is 2. The SMILES string of the molecule is Cc1cc(C)cc(NS(=O)(=O)c2cc(C(=O)NCCc3ccc(Cl)cc3)ccc2C)c1. The van der Waals surface area contributed by atoms with Crippen molar-refractivity contribution >= 4 is 33.2 Å². The molecule has 0 saturated heterocycles. The molecular weight excluding hydrogens is 432 g/mol. The summed E-state index contributed by atoms with van der Waals surface area (Å²) in [5, 5.41) is 3.50. The van der Waals surface area contributed by atoms with Gasteiger partial charge in [0.15, 0.2) is 0 Å². The Kier molecular flexibility index (Phi) is 7.03. The molecule has 0 fully saturated rings. The molecule has 0 atom stereocenters. The van der Waals surface area contributed by atoms with Crippen LogP contribution in [0.3, 0.4) is 0 Å². The highest BCUT2D eigenvalue weighted by atomic mass is 35.5. The van der Waals surface area contributed by atoms with Crippen LogP contribution in [0, 0.1) is 20.8 Å². The topological polar surface area (TPSA) is 75.3 Å². The first kappa shape index (κ1) is 22.8. The Bertz CT molecular complexity index is 1190. The highest BCUT2D eigenvalue weighted by Gasteiger charge is 2.19. The van der Waals surface area contributed by atoms with Crippen molar-refractivity contribution in [1.82, 2.24) is 5.32 Å². The number of benzene rings is 3. The molecule has 0 spiro atoms. The zero-order chi connectivity index (χ0) is 22.6. The Morgan fingerprint density at radius 2 is 1.55 bits per heavy atom. The molecule has 0 bridgehead atoms. The third-order valence-corrected chi connectivity index (χ3v) is 6.60. The molecule has 2 N–H and O–H groups in total. The molecule has 0 heterocycles. The van der Waals surface area contributed by atoms with E-state index in [0.717, 1.165) is 16.7 Å². The van der Waals surface area contributed by atoms with Crippen LogP contribution in [-0.4, -0.2) is 20.9 Å². The number of sulfonamides is 1. The van der Waals surface area contributed by atoms with Crippen LogP contribution in [-0.2, 0) is 16.4 Å². The summed E-state index contributed by atoms with van der Waals surface area (Å²) in [6.07, 6.45) is 0.647. The van der Waals surface area contributed by atoms with E-state index in [2.05, 4.69) is 10.0 Å². The van der Waals surface area contributed by atoms with Crippen molar-refractivity contribution < 1.29 is 13.2 Å². The lowest BCUT2D eigenvalue weighted by molar-refractivity contribution is 0.0954. The van der Waals surface area contributed by atoms with Crippen molar-refractivity contribution in [2.75, 3.05) is 11.3 Å². The molecule has 0 saturated carbocycles. The fraction of sp³-hybridized carbons (Fsp3) is 0.208. The quantitative estimate of drug-likeness (QED) is 0.523. The van der Waals surface area contributed by atoms with Crippen molar-refractivity contribution in [2.45, 2.75) is 32.1 Å². The Morgan fingerprint density at radius 1 is 0.903 bits per heavy atom. The summed E-state index contributed by atoms with van der Waals surface area (Å²) in [7, 11) is -3.84. The number of carbonyl (C=O) groups is 1. The van der Waals surface area contributed by atoms with E-state index in [1.54, 1.807) is 43.3 Å². The molecular formula is C24H25ClN2O3S. The second kappa shape index (κ2) is 9.54. The van der Waals surface area contributed by atoms with Crippen molar-refractivity contribution in [3.63, 3.8) is 0 Å². The van der Waals surface area contributed by atoms with E-state index in [1.165, 1.54) is 6.07 Å². The van der Waals surface area contributed by atoms with E-state index in [-0.39, 0.29) is 10.8 Å². The van der Waals surface area contributed by atoms with Gasteiger partial charge in [-0.25, -0.2) is 8.42 Å². The number of halogens is 1. The van der Waals surface area contributed by atoms with E-state index >= 15 is 0 Å². The van der Waals surface area contributed by atoms with Gasteiger partial charge in [-0.15, -0.1) is 0 Å². The fourth-order valence-corrected chi connectivity index (χ4v) is 4.79. The molecule has 1 amide bonds. The Morgan fingerprint density at radius 3 is 2.19 bits per heavy atom. The number of nitrogens with one attached hydrogen (secondary N) is 2. The van der Waals surface area contributed by atoms with Crippen LogP contribution in [0.15, 0.2) is 65.6 Å². The molecule has 0 aliphatic heterocycles. The fourth-order valence-electron chi connectivity index (χ4n) is 3.35. The van der Waals surface area contributed by atoms with Gasteiger partial charge in [0.25, 0.3) is 15.9 Å². The molecule has 3 rings (SSSR count). The van der Waals surface area contributed by atoms with Crippen LogP contribution < -0.4 is 10.0 Å². The van der Waals surface area contributed by atoms with Crippen LogP contribution in [0.1, 0.15) is 32.6 Å². The summed E-state index contributed by atoms with van der Waals surface area (Å²) in [4.78, 5) is 12.7. The van der Waals surface area contributed by atoms with Crippen LogP contribution in [0.4, 0.5) is 5.69 Å². The molecule has 0 unspecified atom stereocenters. The number of aryl methyl sites for hydroxylation is 3. The molecule has 0 aromatic heterocycles. The minimum Gasteiger partial charge on any atom is -0.352 e. The average Bonchev–Trinajstić information content (AvgIpc) is 2.68. The summed E-state index contributed by atoms with van der Waals surface area (Å²) in [6, 6.07) is 17.6. The lowest BCUT2D eigenvalue weighted by Crippen LogP contribution is -2.26. The van der Waals surface area contributed by atoms with E-state index < -0.39 is 10.0 Å². The Hall–Kier alpha value is -2.83. The maximum atomic E-state index is 13.0. The van der Waals surface area contributed by atoms with Gasteiger partial charge in [0.2, 0.25) is 0 Å². The highest BCUT2D eigenvalue weighted by molar-refractivity contribution is 7.92. The van der Waals surface area contributed by atoms with E-state index in [9.17, 15) is 13.2 Å². The molecule has 7 heteroatoms. The number of amides is 1. The second-order valence-electron chi connectivity index (χ2n) is 7.59. The smallest absolute Gasteiger partial charge is 0.262 e. The average molecular weight is 457 g/mol. The highest BCUT2D eigenvalue weighted by Crippen LogP contribution is 2.22.